The molecule has 0 aliphatic carbocycles. The van der Waals surface area contributed by atoms with Crippen molar-refractivity contribution >= 4 is 11.7 Å². The molecule has 9 heteroatoms. The molecular formula is C28H32N2O7. The molecule has 196 valence electrons. The number of ether oxygens (including phenoxy) is 6. The quantitative estimate of drug-likeness (QED) is 0.462. The minimum absolute atomic E-state index is 0.274. The average Bonchev–Trinajstić information content (AvgIpc) is 2.95. The molecule has 9 nitrogen and oxygen atoms in total. The number of hydrogen-bond acceptors (Lipinski definition) is 7. The van der Waals surface area contributed by atoms with Crippen LogP contribution in [-0.2, 0) is 6.42 Å². The third kappa shape index (κ3) is 5.02. The van der Waals surface area contributed by atoms with Crippen LogP contribution in [0, 0.1) is 0 Å². The molecule has 0 bridgehead atoms. The van der Waals surface area contributed by atoms with E-state index in [0.717, 1.165) is 16.7 Å². The first-order valence-electron chi connectivity index (χ1n) is 11.7. The second kappa shape index (κ2) is 11.2. The van der Waals surface area contributed by atoms with Crippen LogP contribution in [0.4, 0.5) is 10.5 Å². The Morgan fingerprint density at radius 3 is 2.03 bits per heavy atom. The molecule has 4 rings (SSSR count). The fourth-order valence-electron chi connectivity index (χ4n) is 4.64. The lowest BCUT2D eigenvalue weighted by Gasteiger charge is -2.38. The highest BCUT2D eigenvalue weighted by atomic mass is 16.5. The number of carbonyl (C=O) groups excluding carboxylic acids is 1. The van der Waals surface area contributed by atoms with Crippen molar-refractivity contribution in [3.63, 3.8) is 0 Å². The lowest BCUT2D eigenvalue weighted by Crippen LogP contribution is -2.43. The maximum absolute atomic E-state index is 13.8. The summed E-state index contributed by atoms with van der Waals surface area (Å²) >= 11 is 0. The van der Waals surface area contributed by atoms with Crippen molar-refractivity contribution in [3.05, 3.63) is 65.2 Å². The molecular weight excluding hydrogens is 476 g/mol. The largest absolute Gasteiger partial charge is 0.497 e. The molecule has 37 heavy (non-hydrogen) atoms. The van der Waals surface area contributed by atoms with E-state index in [-0.39, 0.29) is 6.03 Å². The van der Waals surface area contributed by atoms with Gasteiger partial charge in [-0.2, -0.15) is 0 Å². The first kappa shape index (κ1) is 25.8. The monoisotopic (exact) mass is 508 g/mol. The number of urea groups is 1. The average molecular weight is 509 g/mol. The van der Waals surface area contributed by atoms with Gasteiger partial charge in [0.1, 0.15) is 11.5 Å². The molecule has 0 fully saturated rings. The van der Waals surface area contributed by atoms with Gasteiger partial charge in [0.25, 0.3) is 0 Å². The number of benzene rings is 3. The van der Waals surface area contributed by atoms with E-state index in [9.17, 15) is 4.79 Å². The zero-order chi connectivity index (χ0) is 26.5. The molecule has 2 amide bonds. The summed E-state index contributed by atoms with van der Waals surface area (Å²) in [6.45, 7) is 0.478. The molecule has 0 spiro atoms. The van der Waals surface area contributed by atoms with E-state index >= 15 is 0 Å². The summed E-state index contributed by atoms with van der Waals surface area (Å²) < 4.78 is 32.9. The van der Waals surface area contributed by atoms with Crippen LogP contribution in [0.5, 0.6) is 34.5 Å². The Hall–Kier alpha value is -4.27. The van der Waals surface area contributed by atoms with Crippen molar-refractivity contribution in [2.75, 3.05) is 54.5 Å². The van der Waals surface area contributed by atoms with Gasteiger partial charge in [0.15, 0.2) is 23.0 Å². The van der Waals surface area contributed by atoms with Gasteiger partial charge in [-0.1, -0.05) is 6.07 Å². The van der Waals surface area contributed by atoms with E-state index < -0.39 is 6.04 Å². The second-order valence-corrected chi connectivity index (χ2v) is 8.36. The van der Waals surface area contributed by atoms with Crippen molar-refractivity contribution < 1.29 is 33.2 Å². The topological polar surface area (TPSA) is 87.7 Å². The molecule has 0 saturated carbocycles. The van der Waals surface area contributed by atoms with Gasteiger partial charge in [-0.3, -0.25) is 0 Å². The van der Waals surface area contributed by atoms with Crippen LogP contribution >= 0.6 is 0 Å². The van der Waals surface area contributed by atoms with Crippen LogP contribution < -0.4 is 33.7 Å². The van der Waals surface area contributed by atoms with Crippen LogP contribution in [-0.4, -0.2) is 60.1 Å². The Bertz CT molecular complexity index is 1280. The van der Waals surface area contributed by atoms with Gasteiger partial charge in [-0.15, -0.1) is 0 Å². The van der Waals surface area contributed by atoms with Gasteiger partial charge >= 0.3 is 6.03 Å². The first-order chi connectivity index (χ1) is 18.0. The Morgan fingerprint density at radius 1 is 0.730 bits per heavy atom. The fourth-order valence-corrected chi connectivity index (χ4v) is 4.64. The smallest absolute Gasteiger partial charge is 0.322 e. The number of anilines is 1. The highest BCUT2D eigenvalue weighted by Gasteiger charge is 2.34. The van der Waals surface area contributed by atoms with Gasteiger partial charge in [0.05, 0.1) is 54.4 Å². The molecule has 0 aromatic heterocycles. The van der Waals surface area contributed by atoms with Gasteiger partial charge in [-0.25, -0.2) is 4.79 Å². The molecule has 1 aliphatic heterocycles. The van der Waals surface area contributed by atoms with E-state index in [1.807, 2.05) is 30.3 Å². The Morgan fingerprint density at radius 2 is 1.38 bits per heavy atom. The zero-order valence-electron chi connectivity index (χ0n) is 21.9. The molecule has 1 N–H and O–H groups in total. The lowest BCUT2D eigenvalue weighted by molar-refractivity contribution is 0.193. The van der Waals surface area contributed by atoms with Crippen LogP contribution in [0.3, 0.4) is 0 Å². The fraction of sp³-hybridized carbons (Fsp3) is 0.321. The zero-order valence-corrected chi connectivity index (χ0v) is 21.9. The summed E-state index contributed by atoms with van der Waals surface area (Å²) in [5.41, 5.74) is 3.41. The third-order valence-corrected chi connectivity index (χ3v) is 6.51. The highest BCUT2D eigenvalue weighted by molar-refractivity contribution is 5.92. The summed E-state index contributed by atoms with van der Waals surface area (Å²) in [4.78, 5) is 15.5. The molecule has 0 saturated heterocycles. The van der Waals surface area contributed by atoms with E-state index in [1.165, 1.54) is 0 Å². The van der Waals surface area contributed by atoms with Crippen molar-refractivity contribution in [1.82, 2.24) is 4.90 Å². The van der Waals surface area contributed by atoms with Gasteiger partial charge in [0, 0.05) is 12.6 Å². The second-order valence-electron chi connectivity index (χ2n) is 8.36. The highest BCUT2D eigenvalue weighted by Crippen LogP contribution is 2.43. The molecule has 3 aromatic carbocycles. The van der Waals surface area contributed by atoms with Crippen molar-refractivity contribution in [2.45, 2.75) is 12.5 Å². The van der Waals surface area contributed by atoms with Gasteiger partial charge < -0.3 is 38.6 Å². The normalized spacial score (nSPS) is 14.3. The first-order valence-corrected chi connectivity index (χ1v) is 11.7. The molecule has 1 unspecified atom stereocenters. The van der Waals surface area contributed by atoms with Crippen molar-refractivity contribution in [3.8, 4) is 34.5 Å². The maximum Gasteiger partial charge on any atom is 0.322 e. The summed E-state index contributed by atoms with van der Waals surface area (Å²) in [7, 11) is 9.51. The van der Waals surface area contributed by atoms with E-state index in [2.05, 4.69) is 5.32 Å². The molecule has 1 heterocycles. The number of amides is 2. The van der Waals surface area contributed by atoms with Crippen LogP contribution in [0.1, 0.15) is 22.7 Å². The number of hydrogen-bond donors (Lipinski definition) is 1. The predicted octanol–water partition coefficient (Wildman–Crippen LogP) is 4.92. The summed E-state index contributed by atoms with van der Waals surface area (Å²) in [6.07, 6.45) is 0.645. The number of rotatable bonds is 8. The van der Waals surface area contributed by atoms with E-state index in [1.54, 1.807) is 65.8 Å². The Balaban J connectivity index is 1.79. The molecule has 3 aromatic rings. The predicted molar refractivity (Wildman–Crippen MR) is 140 cm³/mol. The standard InChI is InChI=1S/C28H32N2O7/c1-32-19-8-9-21(23(15-19)34-3)29-28(31)30-12-11-17-13-25(36-5)26(37-6)16-20(17)27(30)18-7-10-22(33-2)24(14-18)35-4/h7-10,13-16,27H,11-12H2,1-6H3,(H,29,31). The molecule has 1 aliphatic rings. The van der Waals surface area contributed by atoms with Crippen molar-refractivity contribution in [2.24, 2.45) is 0 Å². The van der Waals surface area contributed by atoms with Crippen LogP contribution in [0.15, 0.2) is 48.5 Å². The number of fused-ring (bicyclic) bond motifs is 1. The summed E-state index contributed by atoms with van der Waals surface area (Å²) in [6, 6.07) is 14.1. The SMILES string of the molecule is COc1ccc(NC(=O)N2CCc3cc(OC)c(OC)cc3C2c2ccc(OC)c(OC)c2)c(OC)c1. The summed E-state index contributed by atoms with van der Waals surface area (Å²) in [5, 5.41) is 3.01. The minimum Gasteiger partial charge on any atom is -0.497 e. The molecule has 0 radical (unpaired) electrons. The number of nitrogens with zero attached hydrogens (tertiary/aromatic N) is 1. The van der Waals surface area contributed by atoms with Crippen LogP contribution in [0.25, 0.3) is 0 Å². The Labute approximate surface area is 216 Å². The maximum atomic E-state index is 13.8. The number of nitrogens with one attached hydrogen (secondary N) is 1. The van der Waals surface area contributed by atoms with Gasteiger partial charge in [-0.05, 0) is 59.5 Å². The third-order valence-electron chi connectivity index (χ3n) is 6.51. The lowest BCUT2D eigenvalue weighted by atomic mass is 9.87. The minimum atomic E-state index is -0.424. The van der Waals surface area contributed by atoms with Gasteiger partial charge in [0.2, 0.25) is 0 Å². The van der Waals surface area contributed by atoms with Crippen molar-refractivity contribution in [1.29, 1.82) is 0 Å². The molecule has 1 atom stereocenters. The van der Waals surface area contributed by atoms with E-state index in [0.29, 0.717) is 53.2 Å². The Kier molecular flexibility index (Phi) is 7.81. The number of carbonyl (C=O) groups is 1. The van der Waals surface area contributed by atoms with E-state index in [4.69, 9.17) is 28.4 Å². The van der Waals surface area contributed by atoms with Crippen LogP contribution in [0.2, 0.25) is 0 Å². The summed E-state index contributed by atoms with van der Waals surface area (Å²) in [5.74, 6) is 3.54. The number of methoxy groups -OCH3 is 6.